The van der Waals surface area contributed by atoms with Crippen molar-refractivity contribution in [1.82, 2.24) is 0 Å². The molecule has 0 spiro atoms. The van der Waals surface area contributed by atoms with Gasteiger partial charge in [0.2, 0.25) is 11.8 Å². The van der Waals surface area contributed by atoms with Crippen molar-refractivity contribution in [2.75, 3.05) is 4.90 Å². The van der Waals surface area contributed by atoms with E-state index >= 15 is 0 Å². The molecule has 1 N–H and O–H groups in total. The van der Waals surface area contributed by atoms with Gasteiger partial charge in [-0.2, -0.15) is 0 Å². The summed E-state index contributed by atoms with van der Waals surface area (Å²) in [5.74, 6) is 0.268. The fraction of sp³-hybridized carbons (Fsp3) is 0.500. The van der Waals surface area contributed by atoms with E-state index in [0.717, 1.165) is 24.8 Å². The molecule has 0 unspecified atom stereocenters. The van der Waals surface area contributed by atoms with E-state index < -0.39 is 0 Å². The third-order valence-electron chi connectivity index (χ3n) is 5.30. The van der Waals surface area contributed by atoms with Crippen LogP contribution < -0.4 is 4.90 Å². The molecule has 104 valence electrons. The minimum Gasteiger partial charge on any atom is -0.506 e. The molecule has 3 fully saturated rings. The summed E-state index contributed by atoms with van der Waals surface area (Å²) in [4.78, 5) is 26.5. The first-order valence-corrected chi connectivity index (χ1v) is 7.25. The number of nitrogens with zero attached hydrogens (tertiary/aromatic N) is 1. The maximum absolute atomic E-state index is 12.6. The van der Waals surface area contributed by atoms with E-state index in [1.807, 2.05) is 6.92 Å². The number of amides is 2. The molecule has 2 bridgehead atoms. The molecule has 1 saturated heterocycles. The quantitative estimate of drug-likeness (QED) is 0.797. The maximum atomic E-state index is 12.6. The fourth-order valence-electron chi connectivity index (χ4n) is 4.46. The number of hydrogen-bond donors (Lipinski definition) is 1. The van der Waals surface area contributed by atoms with Crippen molar-refractivity contribution >= 4 is 17.5 Å². The first-order valence-electron chi connectivity index (χ1n) is 7.25. The average Bonchev–Trinajstić information content (AvgIpc) is 3.08. The van der Waals surface area contributed by atoms with Crippen LogP contribution in [0.1, 0.15) is 24.8 Å². The third kappa shape index (κ3) is 1.37. The lowest BCUT2D eigenvalue weighted by Gasteiger charge is -2.19. The van der Waals surface area contributed by atoms with Crippen molar-refractivity contribution in [3.05, 3.63) is 23.8 Å². The number of fused-ring (bicyclic) bond motifs is 5. The molecule has 4 rings (SSSR count). The minimum absolute atomic E-state index is 0.00428. The third-order valence-corrected chi connectivity index (χ3v) is 5.30. The summed E-state index contributed by atoms with van der Waals surface area (Å²) in [6, 6.07) is 5.04. The van der Waals surface area contributed by atoms with E-state index in [2.05, 4.69) is 0 Å². The van der Waals surface area contributed by atoms with Crippen molar-refractivity contribution in [2.24, 2.45) is 23.7 Å². The van der Waals surface area contributed by atoms with Gasteiger partial charge in [0.25, 0.3) is 0 Å². The van der Waals surface area contributed by atoms with Crippen LogP contribution in [0.3, 0.4) is 0 Å². The number of rotatable bonds is 1. The summed E-state index contributed by atoms with van der Waals surface area (Å²) in [6.07, 6.45) is 3.16. The molecule has 20 heavy (non-hydrogen) atoms. The van der Waals surface area contributed by atoms with Crippen LogP contribution in [-0.2, 0) is 9.59 Å². The van der Waals surface area contributed by atoms with Crippen molar-refractivity contribution in [1.29, 1.82) is 0 Å². The summed E-state index contributed by atoms with van der Waals surface area (Å²) < 4.78 is 0. The van der Waals surface area contributed by atoms with Gasteiger partial charge in [0.05, 0.1) is 17.5 Å². The van der Waals surface area contributed by atoms with Crippen LogP contribution in [0.25, 0.3) is 0 Å². The summed E-state index contributed by atoms with van der Waals surface area (Å²) in [7, 11) is 0. The summed E-state index contributed by atoms with van der Waals surface area (Å²) in [6.45, 7) is 1.89. The van der Waals surface area contributed by atoms with Gasteiger partial charge < -0.3 is 5.11 Å². The molecular formula is C16H17NO3. The van der Waals surface area contributed by atoms with Crippen molar-refractivity contribution < 1.29 is 14.7 Å². The number of phenolic OH excluding ortho intramolecular Hbond substituents is 1. The van der Waals surface area contributed by atoms with Crippen LogP contribution in [-0.4, -0.2) is 16.9 Å². The maximum Gasteiger partial charge on any atom is 0.238 e. The fourth-order valence-corrected chi connectivity index (χ4v) is 4.46. The Labute approximate surface area is 117 Å². The zero-order valence-electron chi connectivity index (χ0n) is 11.4. The Morgan fingerprint density at radius 3 is 2.30 bits per heavy atom. The van der Waals surface area contributed by atoms with Gasteiger partial charge >= 0.3 is 0 Å². The topological polar surface area (TPSA) is 57.6 Å². The molecule has 4 atom stereocenters. The van der Waals surface area contributed by atoms with Crippen molar-refractivity contribution in [2.45, 2.75) is 26.2 Å². The lowest BCUT2D eigenvalue weighted by molar-refractivity contribution is -0.123. The van der Waals surface area contributed by atoms with Crippen LogP contribution in [0.2, 0.25) is 0 Å². The van der Waals surface area contributed by atoms with Gasteiger partial charge in [-0.25, -0.2) is 4.90 Å². The van der Waals surface area contributed by atoms with Crippen LogP contribution in [0.15, 0.2) is 18.2 Å². The van der Waals surface area contributed by atoms with Crippen LogP contribution in [0.4, 0.5) is 5.69 Å². The van der Waals surface area contributed by atoms with Gasteiger partial charge in [0, 0.05) is 0 Å². The van der Waals surface area contributed by atoms with E-state index in [9.17, 15) is 14.7 Å². The average molecular weight is 271 g/mol. The molecule has 1 aromatic rings. The van der Waals surface area contributed by atoms with Gasteiger partial charge in [0.15, 0.2) is 0 Å². The highest BCUT2D eigenvalue weighted by atomic mass is 16.3. The number of carbonyl (C=O) groups is 2. The molecule has 2 saturated carbocycles. The van der Waals surface area contributed by atoms with Crippen molar-refractivity contribution in [3.63, 3.8) is 0 Å². The van der Waals surface area contributed by atoms with Crippen LogP contribution >= 0.6 is 0 Å². The molecule has 2 amide bonds. The SMILES string of the molecule is Cc1ccc(O)c(N2C(=O)[C@@H]3[C@H]4CC[C@@H](C4)[C@@H]3C2=O)c1. The van der Waals surface area contributed by atoms with Crippen molar-refractivity contribution in [3.8, 4) is 5.75 Å². The molecule has 4 heteroatoms. The first-order chi connectivity index (χ1) is 9.58. The van der Waals surface area contributed by atoms with E-state index in [-0.39, 0.29) is 29.4 Å². The number of imide groups is 1. The Hall–Kier alpha value is -1.84. The lowest BCUT2D eigenvalue weighted by Crippen LogP contribution is -2.32. The second-order valence-electron chi connectivity index (χ2n) is 6.39. The van der Waals surface area contributed by atoms with E-state index in [1.54, 1.807) is 18.2 Å². The van der Waals surface area contributed by atoms with Gasteiger partial charge in [0.1, 0.15) is 5.75 Å². The van der Waals surface area contributed by atoms with E-state index in [0.29, 0.717) is 17.5 Å². The predicted octanol–water partition coefficient (Wildman–Crippen LogP) is 2.24. The molecule has 1 heterocycles. The molecule has 3 aliphatic rings. The van der Waals surface area contributed by atoms with E-state index in [4.69, 9.17) is 0 Å². The highest BCUT2D eigenvalue weighted by molar-refractivity contribution is 6.23. The Morgan fingerprint density at radius 1 is 1.10 bits per heavy atom. The minimum atomic E-state index is -0.138. The summed E-state index contributed by atoms with van der Waals surface area (Å²) in [5, 5.41) is 10.00. The van der Waals surface area contributed by atoms with E-state index in [1.165, 1.54) is 4.90 Å². The molecular weight excluding hydrogens is 254 g/mol. The van der Waals surface area contributed by atoms with Crippen LogP contribution in [0.5, 0.6) is 5.75 Å². The number of hydrogen-bond acceptors (Lipinski definition) is 3. The Bertz CT molecular complexity index is 596. The number of phenols is 1. The number of aryl methyl sites for hydroxylation is 1. The summed E-state index contributed by atoms with van der Waals surface area (Å²) >= 11 is 0. The van der Waals surface area contributed by atoms with Gasteiger partial charge in [-0.05, 0) is 55.7 Å². The zero-order chi connectivity index (χ0) is 14.0. The normalized spacial score (nSPS) is 35.0. The Morgan fingerprint density at radius 2 is 1.70 bits per heavy atom. The highest BCUT2D eigenvalue weighted by Crippen LogP contribution is 2.57. The van der Waals surface area contributed by atoms with Gasteiger partial charge in [-0.3, -0.25) is 9.59 Å². The monoisotopic (exact) mass is 271 g/mol. The van der Waals surface area contributed by atoms with Gasteiger partial charge in [-0.1, -0.05) is 6.07 Å². The first kappa shape index (κ1) is 11.9. The predicted molar refractivity (Wildman–Crippen MR) is 73.1 cm³/mol. The number of benzene rings is 1. The molecule has 2 aliphatic carbocycles. The zero-order valence-corrected chi connectivity index (χ0v) is 11.4. The standard InChI is InChI=1S/C16H17NO3/c1-8-2-5-12(18)11(6-8)17-15(19)13-9-3-4-10(7-9)14(13)16(17)20/h2,5-6,9-10,13-14,18H,3-4,7H2,1H3/t9-,10-,13-,14+/m0/s1. The highest BCUT2D eigenvalue weighted by Gasteiger charge is 2.61. The molecule has 1 aliphatic heterocycles. The smallest absolute Gasteiger partial charge is 0.238 e. The summed E-state index contributed by atoms with van der Waals surface area (Å²) in [5.41, 5.74) is 1.28. The van der Waals surface area contributed by atoms with Gasteiger partial charge in [-0.15, -0.1) is 0 Å². The second kappa shape index (κ2) is 3.84. The number of carbonyl (C=O) groups excluding carboxylic acids is 2. The second-order valence-corrected chi connectivity index (χ2v) is 6.39. The number of anilines is 1. The lowest BCUT2D eigenvalue weighted by atomic mass is 9.81. The Balaban J connectivity index is 1.79. The molecule has 0 radical (unpaired) electrons. The molecule has 4 nitrogen and oxygen atoms in total. The number of aromatic hydroxyl groups is 1. The van der Waals surface area contributed by atoms with Crippen LogP contribution in [0, 0.1) is 30.6 Å². The largest absolute Gasteiger partial charge is 0.506 e. The molecule has 0 aromatic heterocycles. The molecule has 1 aromatic carbocycles. The Kier molecular flexibility index (Phi) is 2.29.